The largest absolute Gasteiger partial charge is 0.507 e. The van der Waals surface area contributed by atoms with Crippen molar-refractivity contribution in [1.29, 1.82) is 0 Å². The summed E-state index contributed by atoms with van der Waals surface area (Å²) in [6.45, 7) is 26.5. The van der Waals surface area contributed by atoms with Crippen LogP contribution in [0, 0.1) is 0 Å². The molecule has 0 unspecified atom stereocenters. The highest BCUT2D eigenvalue weighted by Gasteiger charge is 2.50. The summed E-state index contributed by atoms with van der Waals surface area (Å²) in [7, 11) is 0. The van der Waals surface area contributed by atoms with Crippen LogP contribution in [0.4, 0.5) is 17.2 Å². The van der Waals surface area contributed by atoms with Crippen LogP contribution in [0.1, 0.15) is 105 Å². The number of hydrogen-bond acceptors (Lipinski definition) is 6. The standard InChI is InChI=1S/C65H65BN6O/c1-62(2,3)45-31-32-54(48(38-45)42-25-18-14-19-26-42)71-60(49-39-46(63(4,5)6)40-51(58(49)73)65(10,11)12)69-59-61(71)70(47-27-20-15-21-28-47)56-30-22-29-55-68-57-50(64(7,8)9)35-44(36-52(57)66(59)72(55)56)53-37-43(33-34-67-53)41-23-16-13-17-24-41/h13-40,73H,1-12H3. The normalized spacial score (nSPS) is 14.4. The lowest BCUT2D eigenvalue weighted by Crippen LogP contribution is -2.66. The van der Waals surface area contributed by atoms with E-state index in [1.54, 1.807) is 0 Å². The van der Waals surface area contributed by atoms with Crippen molar-refractivity contribution in [1.82, 2.24) is 19.3 Å². The first-order valence-corrected chi connectivity index (χ1v) is 25.7. The van der Waals surface area contributed by atoms with E-state index >= 15 is 0 Å². The van der Waals surface area contributed by atoms with Gasteiger partial charge in [-0.05, 0) is 121 Å². The van der Waals surface area contributed by atoms with Gasteiger partial charge in [0.2, 0.25) is 0 Å². The number of para-hydroxylation sites is 1. The second kappa shape index (κ2) is 17.2. The summed E-state index contributed by atoms with van der Waals surface area (Å²) in [6, 6.07) is 52.0. The highest BCUT2D eigenvalue weighted by atomic mass is 16.3. The van der Waals surface area contributed by atoms with Crippen LogP contribution in [0.15, 0.2) is 181 Å². The fraction of sp³-hybridized carbons (Fsp3) is 0.246. The zero-order valence-corrected chi connectivity index (χ0v) is 44.4. The van der Waals surface area contributed by atoms with Crippen LogP contribution < -0.4 is 16.0 Å². The Morgan fingerprint density at radius 3 is 1.82 bits per heavy atom. The molecule has 5 heterocycles. The molecule has 0 bridgehead atoms. The molecule has 0 atom stereocenters. The third-order valence-electron chi connectivity index (χ3n) is 14.7. The Kier molecular flexibility index (Phi) is 11.2. The topological polar surface area (TPSA) is 69.8 Å². The van der Waals surface area contributed by atoms with Crippen LogP contribution >= 0.6 is 0 Å². The fourth-order valence-electron chi connectivity index (χ4n) is 10.7. The number of rotatable bonds is 6. The minimum atomic E-state index is -0.434. The summed E-state index contributed by atoms with van der Waals surface area (Å²) in [5, 5.41) is 13.0. The molecule has 6 aromatic carbocycles. The smallest absolute Gasteiger partial charge is 0.357 e. The zero-order valence-electron chi connectivity index (χ0n) is 44.4. The molecule has 0 saturated heterocycles. The van der Waals surface area contributed by atoms with Crippen LogP contribution in [-0.4, -0.2) is 37.1 Å². The summed E-state index contributed by atoms with van der Waals surface area (Å²) in [5.41, 5.74) is 15.0. The van der Waals surface area contributed by atoms with Gasteiger partial charge in [0.25, 0.3) is 0 Å². The number of aliphatic imine (C=N–C) groups is 1. The van der Waals surface area contributed by atoms with E-state index in [1.165, 1.54) is 5.56 Å². The molecule has 3 aliphatic heterocycles. The van der Waals surface area contributed by atoms with Crippen LogP contribution in [0.3, 0.4) is 0 Å². The number of phenolic OH excluding ortho intramolecular Hbond substituents is 1. The molecule has 0 saturated carbocycles. The fourth-order valence-corrected chi connectivity index (χ4v) is 10.7. The number of phenols is 1. The molecule has 8 heteroatoms. The number of imidazole rings is 1. The highest BCUT2D eigenvalue weighted by molar-refractivity contribution is 6.87. The molecule has 8 aromatic rings. The summed E-state index contributed by atoms with van der Waals surface area (Å²) in [6.07, 6.45) is 8.38. The highest BCUT2D eigenvalue weighted by Crippen LogP contribution is 2.49. The van der Waals surface area contributed by atoms with E-state index in [1.807, 2.05) is 6.20 Å². The van der Waals surface area contributed by atoms with E-state index in [0.29, 0.717) is 11.4 Å². The number of hydrogen-bond donors (Lipinski definition) is 1. The number of allylic oxidation sites excluding steroid dienone is 2. The molecule has 3 aliphatic rings. The molecular formula is C65H65BN6O. The molecule has 2 aromatic heterocycles. The monoisotopic (exact) mass is 957 g/mol. The van der Waals surface area contributed by atoms with Gasteiger partial charge in [-0.3, -0.25) is 14.5 Å². The Morgan fingerprint density at radius 1 is 0.548 bits per heavy atom. The summed E-state index contributed by atoms with van der Waals surface area (Å²) in [5.74, 6) is 3.57. The van der Waals surface area contributed by atoms with Gasteiger partial charge in [0.15, 0.2) is 0 Å². The minimum absolute atomic E-state index is 0.129. The molecule has 364 valence electrons. The Hall–Kier alpha value is -7.71. The van der Waals surface area contributed by atoms with E-state index < -0.39 is 6.85 Å². The SMILES string of the molecule is CC(C)(C)c1ccc(-n2c(-c3cc(C(C)(C)C)cc(C(C)(C)C)c3O)nc3c2N(c2ccccc2)C2=CC=CC4=Nc5c(cc(-c6cc(-c7ccccc7)ccn6)cc5C(C)(C)C)B3N24)c(-c2ccccc2)c1. The first-order chi connectivity index (χ1) is 34.7. The predicted molar refractivity (Wildman–Crippen MR) is 306 cm³/mol. The average molecular weight is 957 g/mol. The summed E-state index contributed by atoms with van der Waals surface area (Å²) < 4.78 is 2.35. The van der Waals surface area contributed by atoms with Crippen molar-refractivity contribution in [3.05, 3.63) is 198 Å². The number of nitrogens with zero attached hydrogens (tertiary/aromatic N) is 6. The predicted octanol–water partition coefficient (Wildman–Crippen LogP) is 14.8. The molecular weight excluding hydrogens is 892 g/mol. The van der Waals surface area contributed by atoms with Crippen molar-refractivity contribution in [2.45, 2.75) is 105 Å². The molecule has 11 rings (SSSR count). The maximum absolute atomic E-state index is 13.0. The van der Waals surface area contributed by atoms with Crippen LogP contribution in [0.5, 0.6) is 5.75 Å². The van der Waals surface area contributed by atoms with Crippen LogP contribution in [0.2, 0.25) is 0 Å². The van der Waals surface area contributed by atoms with Crippen molar-refractivity contribution < 1.29 is 5.11 Å². The number of aromatic hydroxyl groups is 1. The number of pyridine rings is 1. The van der Waals surface area contributed by atoms with Crippen LogP contribution in [0.25, 0.3) is 50.6 Å². The number of aromatic nitrogens is 3. The minimum Gasteiger partial charge on any atom is -0.507 e. The molecule has 7 nitrogen and oxygen atoms in total. The summed E-state index contributed by atoms with van der Waals surface area (Å²) >= 11 is 0. The van der Waals surface area contributed by atoms with Crippen molar-refractivity contribution in [2.75, 3.05) is 4.90 Å². The number of fused-ring (bicyclic) bond motifs is 4. The Labute approximate surface area is 432 Å². The lowest BCUT2D eigenvalue weighted by atomic mass is 9.48. The third-order valence-corrected chi connectivity index (χ3v) is 14.7. The van der Waals surface area contributed by atoms with Gasteiger partial charge in [-0.25, -0.2) is 9.98 Å². The van der Waals surface area contributed by atoms with Gasteiger partial charge in [0, 0.05) is 28.6 Å². The van der Waals surface area contributed by atoms with E-state index in [9.17, 15) is 5.11 Å². The van der Waals surface area contributed by atoms with Gasteiger partial charge >= 0.3 is 6.85 Å². The third kappa shape index (κ3) is 8.31. The van der Waals surface area contributed by atoms with Gasteiger partial charge in [0.1, 0.15) is 29.0 Å². The molecule has 0 spiro atoms. The van der Waals surface area contributed by atoms with Gasteiger partial charge in [-0.1, -0.05) is 186 Å². The van der Waals surface area contributed by atoms with Crippen molar-refractivity contribution in [3.8, 4) is 56.3 Å². The maximum Gasteiger partial charge on any atom is 0.357 e. The molecule has 0 aliphatic carbocycles. The van der Waals surface area contributed by atoms with E-state index in [-0.39, 0.29) is 27.4 Å². The zero-order chi connectivity index (χ0) is 51.4. The van der Waals surface area contributed by atoms with Gasteiger partial charge in [-0.15, -0.1) is 0 Å². The second-order valence-corrected chi connectivity index (χ2v) is 24.1. The Morgan fingerprint density at radius 2 is 1.18 bits per heavy atom. The van der Waals surface area contributed by atoms with Gasteiger partial charge < -0.3 is 9.92 Å². The van der Waals surface area contributed by atoms with Crippen molar-refractivity contribution in [2.24, 2.45) is 4.99 Å². The van der Waals surface area contributed by atoms with Gasteiger partial charge in [-0.2, -0.15) is 0 Å². The first kappa shape index (κ1) is 47.6. The van der Waals surface area contributed by atoms with E-state index in [4.69, 9.17) is 15.0 Å². The van der Waals surface area contributed by atoms with Crippen molar-refractivity contribution >= 4 is 40.9 Å². The van der Waals surface area contributed by atoms with E-state index in [0.717, 1.165) is 95.8 Å². The van der Waals surface area contributed by atoms with Crippen molar-refractivity contribution in [3.63, 3.8) is 0 Å². The lowest BCUT2D eigenvalue weighted by molar-refractivity contribution is 0.446. The van der Waals surface area contributed by atoms with E-state index in [2.05, 4.69) is 261 Å². The number of anilines is 2. The number of amidine groups is 1. The average Bonchev–Trinajstić information content (AvgIpc) is 3.75. The lowest BCUT2D eigenvalue weighted by Gasteiger charge is -2.47. The first-order valence-electron chi connectivity index (χ1n) is 25.7. The molecule has 73 heavy (non-hydrogen) atoms. The molecule has 0 fully saturated rings. The Bertz CT molecular complexity index is 3560. The molecule has 0 radical (unpaired) electrons. The second-order valence-electron chi connectivity index (χ2n) is 24.1. The quantitative estimate of drug-likeness (QED) is 0.168. The van der Waals surface area contributed by atoms with Gasteiger partial charge in [0.05, 0.1) is 28.2 Å². The molecule has 0 amide bonds. The number of benzene rings is 6. The Balaban J connectivity index is 1.31. The maximum atomic E-state index is 13.0. The van der Waals surface area contributed by atoms with Crippen LogP contribution in [-0.2, 0) is 21.7 Å². The summed E-state index contributed by atoms with van der Waals surface area (Å²) in [4.78, 5) is 21.5. The molecule has 1 N–H and O–H groups in total.